The molecule has 148 valence electrons. The quantitative estimate of drug-likeness (QED) is 0.744. The normalized spacial score (nSPS) is 21.3. The van der Waals surface area contributed by atoms with Crippen LogP contribution in [0.1, 0.15) is 43.7 Å². The van der Waals surface area contributed by atoms with Gasteiger partial charge in [-0.1, -0.05) is 12.8 Å². The number of anilines is 3. The number of rotatable bonds is 4. The van der Waals surface area contributed by atoms with E-state index < -0.39 is 6.09 Å². The molecule has 1 amide bonds. The smallest absolute Gasteiger partial charge is 0.407 e. The van der Waals surface area contributed by atoms with E-state index in [2.05, 4.69) is 36.4 Å². The Morgan fingerprint density at radius 1 is 1.25 bits per heavy atom. The summed E-state index contributed by atoms with van der Waals surface area (Å²) in [5.41, 5.74) is 1.26. The van der Waals surface area contributed by atoms with Gasteiger partial charge in [0.25, 0.3) is 0 Å². The highest BCUT2D eigenvalue weighted by Crippen LogP contribution is 2.40. The topological polar surface area (TPSA) is 110 Å². The minimum Gasteiger partial charge on any atom is -0.465 e. The molecule has 0 atom stereocenters. The summed E-state index contributed by atoms with van der Waals surface area (Å²) in [7, 11) is 0. The van der Waals surface area contributed by atoms with Crippen LogP contribution >= 0.6 is 0 Å². The van der Waals surface area contributed by atoms with E-state index in [1.165, 1.54) is 36.3 Å². The first-order chi connectivity index (χ1) is 13.6. The number of carboxylic acid groups (broad SMARTS) is 1. The maximum Gasteiger partial charge on any atom is 0.407 e. The Labute approximate surface area is 163 Å². The van der Waals surface area contributed by atoms with Crippen LogP contribution in [0.3, 0.4) is 0 Å². The molecule has 0 unspecified atom stereocenters. The number of aromatic nitrogens is 4. The van der Waals surface area contributed by atoms with Gasteiger partial charge in [0.05, 0.1) is 0 Å². The number of hydrogen-bond donors (Lipinski definition) is 3. The number of nitrogens with zero attached hydrogens (tertiary/aromatic N) is 5. The lowest BCUT2D eigenvalue weighted by Crippen LogP contribution is -2.59. The minimum atomic E-state index is -0.831. The van der Waals surface area contributed by atoms with E-state index >= 15 is 0 Å². The largest absolute Gasteiger partial charge is 0.465 e. The third kappa shape index (κ3) is 3.14. The van der Waals surface area contributed by atoms with E-state index in [-0.39, 0.29) is 5.41 Å². The first-order valence-electron chi connectivity index (χ1n) is 9.98. The fraction of sp³-hybridized carbons (Fsp3) is 0.579. The average Bonchev–Trinajstić information content (AvgIpc) is 3.40. The maximum atomic E-state index is 11.0. The summed E-state index contributed by atoms with van der Waals surface area (Å²) in [5.74, 6) is 2.77. The molecular formula is C19H25N7O2. The Hall–Kier alpha value is -2.84. The van der Waals surface area contributed by atoms with Crippen molar-refractivity contribution in [2.75, 3.05) is 36.4 Å². The zero-order valence-electron chi connectivity index (χ0n) is 15.8. The van der Waals surface area contributed by atoms with Crippen LogP contribution in [0.4, 0.5) is 22.4 Å². The van der Waals surface area contributed by atoms with Gasteiger partial charge in [-0.05, 0) is 25.3 Å². The molecule has 4 heterocycles. The van der Waals surface area contributed by atoms with Crippen LogP contribution in [-0.2, 0) is 0 Å². The molecule has 3 aliphatic rings. The lowest BCUT2D eigenvalue weighted by molar-refractivity contribution is 0.0251. The first-order valence-corrected chi connectivity index (χ1v) is 9.98. The monoisotopic (exact) mass is 383 g/mol. The SMILES string of the molecule is O=C(O)N1CC2(CCN(c3nccc(Nc4cc(C5CCCC5)[nH]n4)n3)C2)C1. The Kier molecular flexibility index (Phi) is 4.10. The van der Waals surface area contributed by atoms with E-state index in [0.29, 0.717) is 25.0 Å². The van der Waals surface area contributed by atoms with Crippen molar-refractivity contribution < 1.29 is 9.90 Å². The van der Waals surface area contributed by atoms with Crippen molar-refractivity contribution in [1.82, 2.24) is 25.1 Å². The highest BCUT2D eigenvalue weighted by atomic mass is 16.4. The van der Waals surface area contributed by atoms with Gasteiger partial charge in [-0.2, -0.15) is 10.1 Å². The molecule has 2 saturated heterocycles. The van der Waals surface area contributed by atoms with Gasteiger partial charge in [-0.15, -0.1) is 0 Å². The molecule has 5 rings (SSSR count). The Morgan fingerprint density at radius 2 is 2.07 bits per heavy atom. The number of hydrogen-bond acceptors (Lipinski definition) is 6. The molecule has 0 aromatic carbocycles. The minimum absolute atomic E-state index is 0.0591. The third-order valence-electron chi connectivity index (χ3n) is 6.34. The van der Waals surface area contributed by atoms with Crippen LogP contribution in [0.2, 0.25) is 0 Å². The summed E-state index contributed by atoms with van der Waals surface area (Å²) < 4.78 is 0. The van der Waals surface area contributed by atoms with Gasteiger partial charge in [0.2, 0.25) is 5.95 Å². The second-order valence-corrected chi connectivity index (χ2v) is 8.37. The lowest BCUT2D eigenvalue weighted by Gasteiger charge is -2.46. The van der Waals surface area contributed by atoms with Crippen molar-refractivity contribution in [2.24, 2.45) is 5.41 Å². The summed E-state index contributed by atoms with van der Waals surface area (Å²) in [4.78, 5) is 23.8. The van der Waals surface area contributed by atoms with Crippen LogP contribution in [-0.4, -0.2) is 62.4 Å². The van der Waals surface area contributed by atoms with E-state index in [0.717, 1.165) is 31.1 Å². The highest BCUT2D eigenvalue weighted by molar-refractivity contribution is 5.66. The van der Waals surface area contributed by atoms with Crippen molar-refractivity contribution in [2.45, 2.75) is 38.0 Å². The van der Waals surface area contributed by atoms with Crippen molar-refractivity contribution >= 4 is 23.7 Å². The molecule has 3 N–H and O–H groups in total. The van der Waals surface area contributed by atoms with Crippen molar-refractivity contribution in [1.29, 1.82) is 0 Å². The molecular weight excluding hydrogens is 358 g/mol. The van der Waals surface area contributed by atoms with Gasteiger partial charge in [-0.3, -0.25) is 5.10 Å². The standard InChI is InChI=1S/C19H25N7O2/c27-18(28)26-11-19(12-26)6-8-25(10-19)17-20-7-5-15(22-17)21-16-9-14(23-24-16)13-3-1-2-4-13/h5,7,9,13H,1-4,6,8,10-12H2,(H,27,28)(H2,20,21,22,23,24). The molecule has 9 nitrogen and oxygen atoms in total. The van der Waals surface area contributed by atoms with Crippen molar-refractivity contribution in [3.05, 3.63) is 24.0 Å². The molecule has 1 aliphatic carbocycles. The number of carbonyl (C=O) groups is 1. The molecule has 3 fully saturated rings. The van der Waals surface area contributed by atoms with E-state index in [9.17, 15) is 4.79 Å². The fourth-order valence-corrected chi connectivity index (χ4v) is 4.81. The first kappa shape index (κ1) is 17.3. The molecule has 2 aromatic heterocycles. The molecule has 1 spiro atoms. The van der Waals surface area contributed by atoms with Gasteiger partial charge in [-0.25, -0.2) is 9.78 Å². The van der Waals surface area contributed by atoms with Crippen LogP contribution in [0.15, 0.2) is 18.3 Å². The Balaban J connectivity index is 1.24. The van der Waals surface area contributed by atoms with Crippen LogP contribution in [0, 0.1) is 5.41 Å². The molecule has 2 aliphatic heterocycles. The van der Waals surface area contributed by atoms with E-state index in [1.54, 1.807) is 6.20 Å². The van der Waals surface area contributed by atoms with Crippen LogP contribution in [0.5, 0.6) is 0 Å². The number of likely N-dealkylation sites (tertiary alicyclic amines) is 1. The van der Waals surface area contributed by atoms with Gasteiger partial charge in [0.15, 0.2) is 5.82 Å². The second kappa shape index (κ2) is 6.65. The summed E-state index contributed by atoms with van der Waals surface area (Å²) in [6.45, 7) is 2.86. The molecule has 9 heteroatoms. The zero-order chi connectivity index (χ0) is 19.1. The number of aromatic amines is 1. The van der Waals surface area contributed by atoms with Gasteiger partial charge in [0, 0.05) is 55.5 Å². The van der Waals surface area contributed by atoms with Crippen molar-refractivity contribution in [3.8, 4) is 0 Å². The molecule has 2 aromatic rings. The predicted octanol–water partition coefficient (Wildman–Crippen LogP) is 2.79. The highest BCUT2D eigenvalue weighted by Gasteiger charge is 2.49. The second-order valence-electron chi connectivity index (χ2n) is 8.37. The summed E-state index contributed by atoms with van der Waals surface area (Å²) in [6.07, 6.45) is 6.95. The summed E-state index contributed by atoms with van der Waals surface area (Å²) in [6, 6.07) is 3.92. The van der Waals surface area contributed by atoms with Gasteiger partial charge >= 0.3 is 6.09 Å². The number of H-pyrrole nitrogens is 1. The van der Waals surface area contributed by atoms with E-state index in [4.69, 9.17) is 5.11 Å². The van der Waals surface area contributed by atoms with Gasteiger partial charge in [0.1, 0.15) is 5.82 Å². The van der Waals surface area contributed by atoms with Crippen LogP contribution < -0.4 is 10.2 Å². The fourth-order valence-electron chi connectivity index (χ4n) is 4.81. The number of amides is 1. The maximum absolute atomic E-state index is 11.0. The molecule has 0 bridgehead atoms. The number of nitrogens with one attached hydrogen (secondary N) is 2. The van der Waals surface area contributed by atoms with Gasteiger partial charge < -0.3 is 20.2 Å². The average molecular weight is 383 g/mol. The zero-order valence-corrected chi connectivity index (χ0v) is 15.8. The summed E-state index contributed by atoms with van der Waals surface area (Å²) >= 11 is 0. The third-order valence-corrected chi connectivity index (χ3v) is 6.34. The van der Waals surface area contributed by atoms with Crippen LogP contribution in [0.25, 0.3) is 0 Å². The molecule has 1 saturated carbocycles. The molecule has 28 heavy (non-hydrogen) atoms. The van der Waals surface area contributed by atoms with Crippen molar-refractivity contribution in [3.63, 3.8) is 0 Å². The molecule has 0 radical (unpaired) electrons. The lowest BCUT2D eigenvalue weighted by atomic mass is 9.79. The predicted molar refractivity (Wildman–Crippen MR) is 104 cm³/mol. The Bertz CT molecular complexity index is 871. The summed E-state index contributed by atoms with van der Waals surface area (Å²) in [5, 5.41) is 19.9. The Morgan fingerprint density at radius 3 is 2.86 bits per heavy atom. The van der Waals surface area contributed by atoms with E-state index in [1.807, 2.05) is 6.07 Å².